The summed E-state index contributed by atoms with van der Waals surface area (Å²) in [5.74, 6) is 0.802. The van der Waals surface area contributed by atoms with Crippen molar-refractivity contribution in [3.8, 4) is 11.5 Å². The third-order valence-electron chi connectivity index (χ3n) is 3.74. The summed E-state index contributed by atoms with van der Waals surface area (Å²) >= 11 is 12.1. The van der Waals surface area contributed by atoms with Crippen LogP contribution < -0.4 is 14.8 Å². The van der Waals surface area contributed by atoms with Crippen LogP contribution in [0.15, 0.2) is 41.3 Å². The Balaban J connectivity index is 2.03. The highest BCUT2D eigenvalue weighted by Gasteiger charge is 2.24. The van der Waals surface area contributed by atoms with Gasteiger partial charge in [0.1, 0.15) is 23.0 Å². The molecule has 0 bridgehead atoms. The Morgan fingerprint density at radius 2 is 1.68 bits per heavy atom. The minimum atomic E-state index is -3.82. The number of methoxy groups -OCH3 is 1. The first-order valence-electron chi connectivity index (χ1n) is 8.13. The fraction of sp³-hybridized carbons (Fsp3) is 0.278. The molecule has 0 saturated carbocycles. The summed E-state index contributed by atoms with van der Waals surface area (Å²) < 4.78 is 36.3. The number of carbonyl (C=O) groups is 1. The van der Waals surface area contributed by atoms with Gasteiger partial charge in [-0.15, -0.1) is 0 Å². The van der Waals surface area contributed by atoms with Crippen molar-refractivity contribution in [2.45, 2.75) is 4.90 Å². The van der Waals surface area contributed by atoms with Gasteiger partial charge in [0.15, 0.2) is 0 Å². The first kappa shape index (κ1) is 22.3. The normalized spacial score (nSPS) is 11.4. The van der Waals surface area contributed by atoms with Crippen molar-refractivity contribution in [2.75, 3.05) is 34.4 Å². The van der Waals surface area contributed by atoms with Crippen molar-refractivity contribution < 1.29 is 22.7 Å². The Kier molecular flexibility index (Phi) is 7.54. The predicted molar refractivity (Wildman–Crippen MR) is 108 cm³/mol. The number of carbonyl (C=O) groups excluding carboxylic acids is 1. The Hall–Kier alpha value is -2.00. The molecule has 0 heterocycles. The van der Waals surface area contributed by atoms with E-state index in [9.17, 15) is 13.2 Å². The van der Waals surface area contributed by atoms with Crippen molar-refractivity contribution in [3.63, 3.8) is 0 Å². The summed E-state index contributed by atoms with van der Waals surface area (Å²) in [6.45, 7) is 0.408. The lowest BCUT2D eigenvalue weighted by atomic mass is 10.2. The summed E-state index contributed by atoms with van der Waals surface area (Å²) in [7, 11) is 0.495. The minimum absolute atomic E-state index is 0.0101. The van der Waals surface area contributed by atoms with Gasteiger partial charge in [0.2, 0.25) is 10.0 Å². The topological polar surface area (TPSA) is 84.9 Å². The number of sulfonamides is 1. The molecule has 1 amide bonds. The first-order valence-corrected chi connectivity index (χ1v) is 10.3. The van der Waals surface area contributed by atoms with E-state index in [4.69, 9.17) is 32.7 Å². The van der Waals surface area contributed by atoms with E-state index < -0.39 is 15.9 Å². The fourth-order valence-corrected chi connectivity index (χ4v) is 3.93. The van der Waals surface area contributed by atoms with Crippen LogP contribution in [0.25, 0.3) is 0 Å². The average molecular weight is 447 g/mol. The molecule has 28 heavy (non-hydrogen) atoms. The third-order valence-corrected chi connectivity index (χ3v) is 6.33. The van der Waals surface area contributed by atoms with Crippen LogP contribution in [0.4, 0.5) is 0 Å². The molecule has 0 saturated heterocycles. The van der Waals surface area contributed by atoms with E-state index in [1.165, 1.54) is 26.2 Å². The maximum atomic E-state index is 12.4. The van der Waals surface area contributed by atoms with Gasteiger partial charge >= 0.3 is 0 Å². The Morgan fingerprint density at radius 3 is 2.25 bits per heavy atom. The van der Waals surface area contributed by atoms with Crippen LogP contribution in [0.1, 0.15) is 10.4 Å². The summed E-state index contributed by atoms with van der Waals surface area (Å²) in [6, 6.07) is 9.41. The molecule has 2 aromatic rings. The van der Waals surface area contributed by atoms with Crippen molar-refractivity contribution in [3.05, 3.63) is 52.0 Å². The van der Waals surface area contributed by atoms with Gasteiger partial charge in [-0.25, -0.2) is 12.7 Å². The van der Waals surface area contributed by atoms with Crippen LogP contribution in [0.2, 0.25) is 10.0 Å². The van der Waals surface area contributed by atoms with Crippen molar-refractivity contribution in [1.29, 1.82) is 0 Å². The molecule has 10 heteroatoms. The second kappa shape index (κ2) is 9.47. The lowest BCUT2D eigenvalue weighted by Crippen LogP contribution is -2.29. The monoisotopic (exact) mass is 446 g/mol. The Bertz CT molecular complexity index is 947. The highest BCUT2D eigenvalue weighted by Crippen LogP contribution is 2.30. The molecule has 2 rings (SSSR count). The predicted octanol–water partition coefficient (Wildman–Crippen LogP) is 3.06. The van der Waals surface area contributed by atoms with E-state index in [0.717, 1.165) is 4.31 Å². The Morgan fingerprint density at radius 1 is 1.07 bits per heavy atom. The molecule has 0 fully saturated rings. The summed E-state index contributed by atoms with van der Waals surface area (Å²) in [4.78, 5) is 12.2. The number of nitrogens with zero attached hydrogens (tertiary/aromatic N) is 1. The van der Waals surface area contributed by atoms with Crippen LogP contribution >= 0.6 is 23.2 Å². The maximum absolute atomic E-state index is 12.4. The van der Waals surface area contributed by atoms with E-state index in [1.54, 1.807) is 31.4 Å². The largest absolute Gasteiger partial charge is 0.497 e. The Labute approximate surface area is 174 Å². The fourth-order valence-electron chi connectivity index (χ4n) is 2.20. The quantitative estimate of drug-likeness (QED) is 0.629. The minimum Gasteiger partial charge on any atom is -0.497 e. The van der Waals surface area contributed by atoms with Gasteiger partial charge in [0.25, 0.3) is 5.91 Å². The molecule has 0 aromatic heterocycles. The second-order valence-electron chi connectivity index (χ2n) is 5.83. The number of nitrogens with one attached hydrogen (secondary N) is 1. The molecule has 0 aliphatic carbocycles. The molecule has 0 spiro atoms. The lowest BCUT2D eigenvalue weighted by Gasteiger charge is -2.15. The van der Waals surface area contributed by atoms with Crippen LogP contribution in [0.5, 0.6) is 11.5 Å². The van der Waals surface area contributed by atoms with Crippen molar-refractivity contribution in [2.24, 2.45) is 0 Å². The summed E-state index contributed by atoms with van der Waals surface area (Å²) in [6.07, 6.45) is 0. The van der Waals surface area contributed by atoms with Crippen molar-refractivity contribution >= 4 is 39.1 Å². The van der Waals surface area contributed by atoms with Gasteiger partial charge in [-0.05, 0) is 36.4 Å². The number of halogens is 2. The van der Waals surface area contributed by atoms with Crippen LogP contribution in [0.3, 0.4) is 0 Å². The molecule has 0 aliphatic heterocycles. The molecular formula is C18H20Cl2N2O5S. The zero-order chi connectivity index (χ0) is 20.9. The van der Waals surface area contributed by atoms with Crippen LogP contribution in [0, 0.1) is 0 Å². The molecular weight excluding hydrogens is 427 g/mol. The SMILES string of the molecule is COc1ccc(OCCNC(=O)c2cc(S(=O)(=O)N(C)C)c(Cl)cc2Cl)cc1. The molecule has 2 aromatic carbocycles. The van der Waals surface area contributed by atoms with Gasteiger partial charge in [-0.2, -0.15) is 0 Å². The van der Waals surface area contributed by atoms with Crippen LogP contribution in [-0.2, 0) is 10.0 Å². The van der Waals surface area contributed by atoms with Gasteiger partial charge in [-0.3, -0.25) is 4.79 Å². The van der Waals surface area contributed by atoms with Gasteiger partial charge < -0.3 is 14.8 Å². The molecule has 0 aliphatic rings. The van der Waals surface area contributed by atoms with E-state index in [2.05, 4.69) is 5.32 Å². The second-order valence-corrected chi connectivity index (χ2v) is 8.76. The van der Waals surface area contributed by atoms with E-state index in [1.807, 2.05) is 0 Å². The molecule has 0 radical (unpaired) electrons. The number of hydrogen-bond acceptors (Lipinski definition) is 5. The summed E-state index contributed by atoms with van der Waals surface area (Å²) in [5.41, 5.74) is 0.0101. The average Bonchev–Trinajstić information content (AvgIpc) is 2.65. The number of amides is 1. The highest BCUT2D eigenvalue weighted by atomic mass is 35.5. The molecule has 7 nitrogen and oxygen atoms in total. The zero-order valence-corrected chi connectivity index (χ0v) is 17.9. The van der Waals surface area contributed by atoms with Gasteiger partial charge in [-0.1, -0.05) is 23.2 Å². The number of ether oxygens (including phenoxy) is 2. The van der Waals surface area contributed by atoms with Gasteiger partial charge in [0, 0.05) is 14.1 Å². The van der Waals surface area contributed by atoms with Crippen LogP contribution in [-0.4, -0.2) is 53.0 Å². The summed E-state index contributed by atoms with van der Waals surface area (Å²) in [5, 5.41) is 2.63. The molecule has 0 unspecified atom stereocenters. The maximum Gasteiger partial charge on any atom is 0.252 e. The lowest BCUT2D eigenvalue weighted by molar-refractivity contribution is 0.0947. The van der Waals surface area contributed by atoms with E-state index in [0.29, 0.717) is 11.5 Å². The molecule has 1 N–H and O–H groups in total. The van der Waals surface area contributed by atoms with E-state index >= 15 is 0 Å². The number of hydrogen-bond donors (Lipinski definition) is 1. The third kappa shape index (κ3) is 5.29. The smallest absolute Gasteiger partial charge is 0.252 e. The number of benzene rings is 2. The first-order chi connectivity index (χ1) is 13.2. The zero-order valence-electron chi connectivity index (χ0n) is 15.5. The standard InChI is InChI=1S/C18H20Cl2N2O5S/c1-22(2)28(24,25)17-10-14(15(19)11-16(17)20)18(23)21-8-9-27-13-6-4-12(26-3)5-7-13/h4-7,10-11H,8-9H2,1-3H3,(H,21,23). The van der Waals surface area contributed by atoms with E-state index in [-0.39, 0.29) is 33.7 Å². The molecule has 152 valence electrons. The molecule has 0 atom stereocenters. The van der Waals surface area contributed by atoms with Gasteiger partial charge in [0.05, 0.1) is 29.3 Å². The number of rotatable bonds is 8. The van der Waals surface area contributed by atoms with Crippen molar-refractivity contribution in [1.82, 2.24) is 9.62 Å². The highest BCUT2D eigenvalue weighted by molar-refractivity contribution is 7.89.